The molecule has 0 spiro atoms. The summed E-state index contributed by atoms with van der Waals surface area (Å²) < 4.78 is 0. The normalized spacial score (nSPS) is 26.1. The van der Waals surface area contributed by atoms with Crippen molar-refractivity contribution in [1.29, 1.82) is 21.2 Å². The van der Waals surface area contributed by atoms with E-state index in [1.165, 1.54) is 16.0 Å². The number of hydrogen-bond acceptors (Lipinski definition) is 4. The second-order valence-electron chi connectivity index (χ2n) is 8.70. The lowest BCUT2D eigenvalue weighted by Gasteiger charge is -2.46. The van der Waals surface area contributed by atoms with Crippen LogP contribution in [0.2, 0.25) is 0 Å². The maximum absolute atomic E-state index is 10.1. The highest BCUT2D eigenvalue weighted by atomic mass is 15.1. The third-order valence-corrected chi connectivity index (χ3v) is 7.00. The molecular weight excluding hydrogens is 394 g/mol. The predicted molar refractivity (Wildman–Crippen MR) is 121 cm³/mol. The van der Waals surface area contributed by atoms with Gasteiger partial charge in [0.15, 0.2) is 0 Å². The molecule has 2 aromatic rings. The molecule has 32 heavy (non-hydrogen) atoms. The van der Waals surface area contributed by atoms with Gasteiger partial charge >= 0.3 is 0 Å². The van der Waals surface area contributed by atoms with Gasteiger partial charge in [-0.3, -0.25) is 0 Å². The van der Waals surface area contributed by atoms with Crippen molar-refractivity contribution >= 4 is 5.71 Å². The molecule has 2 aromatic carbocycles. The van der Waals surface area contributed by atoms with E-state index in [-0.39, 0.29) is 17.5 Å². The van der Waals surface area contributed by atoms with Crippen LogP contribution in [0.25, 0.3) is 0 Å². The largest absolute Gasteiger partial charge is 0.327 e. The fraction of sp³-hybridized carbons (Fsp3) is 0.333. The number of nitrogens with one attached hydrogen (secondary N) is 2. The van der Waals surface area contributed by atoms with Crippen molar-refractivity contribution in [2.75, 3.05) is 13.1 Å². The number of rotatable bonds is 4. The highest BCUT2D eigenvalue weighted by Gasteiger charge is 2.57. The molecule has 158 valence electrons. The second kappa shape index (κ2) is 8.80. The first-order valence-electron chi connectivity index (χ1n) is 11.1. The average Bonchev–Trinajstić information content (AvgIpc) is 2.84. The Balaban J connectivity index is 1.79. The summed E-state index contributed by atoms with van der Waals surface area (Å²) in [5.41, 5.74) is 2.43. The lowest BCUT2D eigenvalue weighted by molar-refractivity contribution is -0.913. The molecule has 2 N–H and O–H groups in total. The Morgan fingerprint density at radius 2 is 1.69 bits per heavy atom. The first-order valence-corrected chi connectivity index (χ1v) is 11.1. The van der Waals surface area contributed by atoms with Gasteiger partial charge < -0.3 is 10.3 Å². The summed E-state index contributed by atoms with van der Waals surface area (Å²) in [5, 5.41) is 38.9. The van der Waals surface area contributed by atoms with Crippen LogP contribution in [0.3, 0.4) is 0 Å². The summed E-state index contributed by atoms with van der Waals surface area (Å²) in [6.07, 6.45) is 2.92. The first kappa shape index (κ1) is 21.5. The maximum atomic E-state index is 10.1. The lowest BCUT2D eigenvalue weighted by Crippen LogP contribution is -3.12. The highest BCUT2D eigenvalue weighted by molar-refractivity contribution is 6.01. The number of benzene rings is 2. The van der Waals surface area contributed by atoms with E-state index in [2.05, 4.69) is 61.5 Å². The molecule has 2 unspecified atom stereocenters. The van der Waals surface area contributed by atoms with Crippen LogP contribution in [0.4, 0.5) is 0 Å². The molecule has 0 aromatic heterocycles. The van der Waals surface area contributed by atoms with E-state index in [4.69, 9.17) is 5.41 Å². The molecule has 2 aliphatic rings. The Kier molecular flexibility index (Phi) is 5.91. The minimum Gasteiger partial charge on any atom is -0.327 e. The van der Waals surface area contributed by atoms with E-state index < -0.39 is 11.3 Å². The molecule has 0 saturated heterocycles. The molecule has 1 heterocycles. The third kappa shape index (κ3) is 3.50. The Bertz CT molecular complexity index is 1140. The lowest BCUT2D eigenvalue weighted by atomic mass is 9.55. The number of nitrogens with zero attached hydrogens (tertiary/aromatic N) is 3. The summed E-state index contributed by atoms with van der Waals surface area (Å²) in [7, 11) is 0. The molecule has 5 nitrogen and oxygen atoms in total. The Morgan fingerprint density at radius 1 is 1.00 bits per heavy atom. The van der Waals surface area contributed by atoms with Crippen molar-refractivity contribution in [2.45, 2.75) is 25.8 Å². The van der Waals surface area contributed by atoms with Gasteiger partial charge in [0, 0.05) is 17.4 Å². The van der Waals surface area contributed by atoms with Gasteiger partial charge in [-0.25, -0.2) is 0 Å². The minimum atomic E-state index is -1.65. The van der Waals surface area contributed by atoms with Crippen molar-refractivity contribution < 1.29 is 4.90 Å². The smallest absolute Gasteiger partial charge is 0.203 e. The summed E-state index contributed by atoms with van der Waals surface area (Å²) in [6.45, 7) is 4.35. The zero-order chi connectivity index (χ0) is 22.7. The number of hydrogen-bond donors (Lipinski definition) is 2. The van der Waals surface area contributed by atoms with E-state index in [1.807, 2.05) is 24.3 Å². The molecule has 5 heteroatoms. The van der Waals surface area contributed by atoms with Gasteiger partial charge in [-0.15, -0.1) is 0 Å². The van der Waals surface area contributed by atoms with Crippen molar-refractivity contribution in [3.8, 4) is 18.2 Å². The summed E-state index contributed by atoms with van der Waals surface area (Å²) in [4.78, 5) is 1.33. The molecule has 4 atom stereocenters. The van der Waals surface area contributed by atoms with E-state index in [9.17, 15) is 15.8 Å². The highest BCUT2D eigenvalue weighted by Crippen LogP contribution is 2.51. The summed E-state index contributed by atoms with van der Waals surface area (Å²) in [6, 6.07) is 25.1. The standard InChI is InChI=1S/C27H25N5/c1-2-19-8-10-21(11-9-19)25-22(14-28)26(31)27(17-29,18-30)24-12-13-32(16-23(24)25)15-20-6-4-3-5-7-20/h3-12,22-23,25,31H,2,13,15-16H2,1H3/p+1/t22?,23-,25-/m1/s1. The van der Waals surface area contributed by atoms with Gasteiger partial charge in [-0.05, 0) is 29.2 Å². The van der Waals surface area contributed by atoms with Crippen molar-refractivity contribution in [3.63, 3.8) is 0 Å². The topological polar surface area (TPSA) is 99.7 Å². The second-order valence-corrected chi connectivity index (χ2v) is 8.70. The van der Waals surface area contributed by atoms with Crippen LogP contribution in [-0.4, -0.2) is 18.8 Å². The number of nitriles is 3. The molecule has 0 amide bonds. The van der Waals surface area contributed by atoms with Gasteiger partial charge in [0.2, 0.25) is 5.41 Å². The molecular formula is C27H26N5+. The number of aryl methyl sites for hydroxylation is 1. The first-order chi connectivity index (χ1) is 15.6. The van der Waals surface area contributed by atoms with E-state index >= 15 is 0 Å². The Hall–Kier alpha value is -3.72. The van der Waals surface area contributed by atoms with Gasteiger partial charge in [0.05, 0.1) is 42.9 Å². The van der Waals surface area contributed by atoms with Crippen molar-refractivity contribution in [3.05, 3.63) is 82.9 Å². The number of quaternary nitrogens is 1. The van der Waals surface area contributed by atoms with Crippen molar-refractivity contribution in [2.24, 2.45) is 17.3 Å². The van der Waals surface area contributed by atoms with Gasteiger partial charge in [-0.2, -0.15) is 15.8 Å². The van der Waals surface area contributed by atoms with Crippen LogP contribution in [0.1, 0.15) is 29.5 Å². The monoisotopic (exact) mass is 420 g/mol. The Morgan fingerprint density at radius 3 is 2.28 bits per heavy atom. The molecule has 1 saturated carbocycles. The van der Waals surface area contributed by atoms with Crippen LogP contribution in [-0.2, 0) is 13.0 Å². The van der Waals surface area contributed by atoms with Crippen LogP contribution in [0, 0.1) is 56.7 Å². The zero-order valence-corrected chi connectivity index (χ0v) is 18.2. The zero-order valence-electron chi connectivity index (χ0n) is 18.2. The van der Waals surface area contributed by atoms with Gasteiger partial charge in [-0.1, -0.05) is 61.5 Å². The third-order valence-electron chi connectivity index (χ3n) is 7.00. The van der Waals surface area contributed by atoms with Gasteiger partial charge in [0.1, 0.15) is 6.54 Å². The fourth-order valence-electron chi connectivity index (χ4n) is 5.31. The predicted octanol–water partition coefficient (Wildman–Crippen LogP) is 3.18. The van der Waals surface area contributed by atoms with Crippen LogP contribution < -0.4 is 4.90 Å². The van der Waals surface area contributed by atoms with E-state index in [0.717, 1.165) is 25.1 Å². The molecule has 0 radical (unpaired) electrons. The van der Waals surface area contributed by atoms with E-state index in [1.54, 1.807) is 0 Å². The van der Waals surface area contributed by atoms with E-state index in [0.29, 0.717) is 12.1 Å². The van der Waals surface area contributed by atoms with Crippen LogP contribution in [0.15, 0.2) is 66.2 Å². The number of fused-ring (bicyclic) bond motifs is 1. The summed E-state index contributed by atoms with van der Waals surface area (Å²) >= 11 is 0. The minimum absolute atomic E-state index is 0.0800. The Labute approximate surface area is 189 Å². The fourth-order valence-corrected chi connectivity index (χ4v) is 5.31. The molecule has 4 rings (SSSR count). The molecule has 0 bridgehead atoms. The van der Waals surface area contributed by atoms with Gasteiger partial charge in [0.25, 0.3) is 0 Å². The summed E-state index contributed by atoms with van der Waals surface area (Å²) in [5.74, 6) is -1.20. The molecule has 1 aliphatic heterocycles. The SMILES string of the molecule is CCc1ccc([C@@H]2C(C#N)C(=N)C(C#N)(C#N)C3=CC[NH+](Cc4ccccc4)C[C@H]32)cc1. The van der Waals surface area contributed by atoms with Crippen LogP contribution in [0.5, 0.6) is 0 Å². The molecule has 1 fully saturated rings. The average molecular weight is 421 g/mol. The molecule has 1 aliphatic carbocycles. The maximum Gasteiger partial charge on any atom is 0.203 e. The van der Waals surface area contributed by atoms with Crippen molar-refractivity contribution in [1.82, 2.24) is 0 Å². The quantitative estimate of drug-likeness (QED) is 0.743. The van der Waals surface area contributed by atoms with Crippen LogP contribution >= 0.6 is 0 Å².